The van der Waals surface area contributed by atoms with Crippen LogP contribution in [-0.4, -0.2) is 35.6 Å². The molecule has 0 saturated heterocycles. The highest BCUT2D eigenvalue weighted by Gasteiger charge is 2.18. The highest BCUT2D eigenvalue weighted by Crippen LogP contribution is 2.13. The molecule has 32 heavy (non-hydrogen) atoms. The van der Waals surface area contributed by atoms with E-state index in [4.69, 9.17) is 14.6 Å². The van der Waals surface area contributed by atoms with Gasteiger partial charge in [-0.2, -0.15) is 0 Å². The van der Waals surface area contributed by atoms with Crippen LogP contribution in [0.5, 0.6) is 0 Å². The maximum Gasteiger partial charge on any atom is 0.346 e. The number of unbranched alkanes of at least 4 members (excludes halogenated alkanes) is 6. The monoisotopic (exact) mass is 440 g/mol. The van der Waals surface area contributed by atoms with Gasteiger partial charge in [-0.1, -0.05) is 57.6 Å². The molecule has 170 valence electrons. The first-order valence-electron chi connectivity index (χ1n) is 10.8. The number of benzene rings is 2. The molecule has 0 saturated carbocycles. The predicted octanol–water partition coefficient (Wildman–Crippen LogP) is 5.29. The molecule has 0 aromatic heterocycles. The molecular formula is C25H28O7. The van der Waals surface area contributed by atoms with Gasteiger partial charge in [0.1, 0.15) is 0 Å². The second-order valence-corrected chi connectivity index (χ2v) is 7.40. The normalized spacial score (nSPS) is 10.4. The fraction of sp³-hybridized carbons (Fsp3) is 0.360. The summed E-state index contributed by atoms with van der Waals surface area (Å²) in [5, 5.41) is 9.01. The Balaban J connectivity index is 1.86. The first-order valence-corrected chi connectivity index (χ1v) is 10.8. The summed E-state index contributed by atoms with van der Waals surface area (Å²) in [4.78, 5) is 47.8. The first kappa shape index (κ1) is 24.8. The lowest BCUT2D eigenvalue weighted by Crippen LogP contribution is -2.14. The van der Waals surface area contributed by atoms with Crippen LogP contribution in [0, 0.1) is 0 Å². The van der Waals surface area contributed by atoms with Gasteiger partial charge in [0.15, 0.2) is 0 Å². The molecule has 2 rings (SSSR count). The SMILES string of the molecule is CCCCCCCCCOC(=O)c1cccc(C(=O)OC(=O)c2cccc(C(=O)O)c2)c1. The highest BCUT2D eigenvalue weighted by molar-refractivity contribution is 6.04. The summed E-state index contributed by atoms with van der Waals surface area (Å²) in [5.74, 6) is -3.68. The van der Waals surface area contributed by atoms with E-state index in [1.165, 1.54) is 68.1 Å². The second-order valence-electron chi connectivity index (χ2n) is 7.40. The molecule has 1 N–H and O–H groups in total. The number of aromatic carboxylic acids is 1. The van der Waals surface area contributed by atoms with E-state index in [9.17, 15) is 19.2 Å². The van der Waals surface area contributed by atoms with Crippen LogP contribution in [0.15, 0.2) is 48.5 Å². The molecule has 0 unspecified atom stereocenters. The quantitative estimate of drug-likeness (QED) is 0.271. The zero-order chi connectivity index (χ0) is 23.3. The molecule has 0 atom stereocenters. The first-order chi connectivity index (χ1) is 15.4. The summed E-state index contributed by atoms with van der Waals surface area (Å²) < 4.78 is 10.1. The maximum atomic E-state index is 12.3. The standard InChI is InChI=1S/C25H28O7/c1-2-3-4-5-6-7-8-15-31-23(28)19-12-10-14-21(17-19)25(30)32-24(29)20-13-9-11-18(16-20)22(26)27/h9-14,16-17H,2-8,15H2,1H3,(H,26,27). The lowest BCUT2D eigenvalue weighted by atomic mass is 10.1. The summed E-state index contributed by atoms with van der Waals surface area (Å²) >= 11 is 0. The van der Waals surface area contributed by atoms with Gasteiger partial charge in [-0.3, -0.25) is 0 Å². The van der Waals surface area contributed by atoms with E-state index >= 15 is 0 Å². The van der Waals surface area contributed by atoms with Gasteiger partial charge in [-0.05, 0) is 42.8 Å². The lowest BCUT2D eigenvalue weighted by Gasteiger charge is -2.07. The van der Waals surface area contributed by atoms with Gasteiger partial charge in [-0.25, -0.2) is 19.2 Å². The molecule has 0 aliphatic carbocycles. The molecule has 0 spiro atoms. The van der Waals surface area contributed by atoms with Crippen LogP contribution in [0.25, 0.3) is 0 Å². The number of hydrogen-bond donors (Lipinski definition) is 1. The number of carbonyl (C=O) groups excluding carboxylic acids is 3. The third kappa shape index (κ3) is 7.98. The Labute approximate surface area is 187 Å². The average molecular weight is 440 g/mol. The maximum absolute atomic E-state index is 12.3. The molecule has 7 heteroatoms. The average Bonchev–Trinajstić information content (AvgIpc) is 2.80. The van der Waals surface area contributed by atoms with Crippen molar-refractivity contribution in [3.05, 3.63) is 70.8 Å². The molecular weight excluding hydrogens is 412 g/mol. The Morgan fingerprint density at radius 3 is 1.72 bits per heavy atom. The molecule has 0 aliphatic heterocycles. The van der Waals surface area contributed by atoms with Gasteiger partial charge < -0.3 is 14.6 Å². The van der Waals surface area contributed by atoms with Crippen molar-refractivity contribution in [2.45, 2.75) is 51.9 Å². The second kappa shape index (κ2) is 13.0. The fourth-order valence-electron chi connectivity index (χ4n) is 3.06. The summed E-state index contributed by atoms with van der Waals surface area (Å²) in [6.07, 6.45) is 7.75. The Bertz CT molecular complexity index is 949. The van der Waals surface area contributed by atoms with Crippen LogP contribution in [-0.2, 0) is 9.47 Å². The predicted molar refractivity (Wildman–Crippen MR) is 118 cm³/mol. The summed E-state index contributed by atoms with van der Waals surface area (Å²) in [7, 11) is 0. The van der Waals surface area contributed by atoms with Crippen LogP contribution >= 0.6 is 0 Å². The van der Waals surface area contributed by atoms with Crippen molar-refractivity contribution in [2.24, 2.45) is 0 Å². The third-order valence-corrected chi connectivity index (χ3v) is 4.85. The van der Waals surface area contributed by atoms with Crippen LogP contribution in [0.3, 0.4) is 0 Å². The highest BCUT2D eigenvalue weighted by atomic mass is 16.6. The van der Waals surface area contributed by atoms with Crippen LogP contribution in [0.2, 0.25) is 0 Å². The summed E-state index contributed by atoms with van der Waals surface area (Å²) in [6, 6.07) is 10.9. The third-order valence-electron chi connectivity index (χ3n) is 4.85. The zero-order valence-corrected chi connectivity index (χ0v) is 18.2. The number of rotatable bonds is 12. The minimum atomic E-state index is -1.20. The van der Waals surface area contributed by atoms with Gasteiger partial charge >= 0.3 is 23.9 Å². The molecule has 0 bridgehead atoms. The van der Waals surface area contributed by atoms with Gasteiger partial charge in [0.25, 0.3) is 0 Å². The Kier molecular flexibility index (Phi) is 10.1. The molecule has 2 aromatic rings. The number of carboxylic acids is 1. The zero-order valence-electron chi connectivity index (χ0n) is 18.2. The molecule has 0 aliphatic rings. The number of hydrogen-bond acceptors (Lipinski definition) is 6. The number of esters is 3. The smallest absolute Gasteiger partial charge is 0.346 e. The lowest BCUT2D eigenvalue weighted by molar-refractivity contribution is 0.0397. The van der Waals surface area contributed by atoms with Crippen molar-refractivity contribution in [1.82, 2.24) is 0 Å². The fourth-order valence-corrected chi connectivity index (χ4v) is 3.06. The Morgan fingerprint density at radius 2 is 1.16 bits per heavy atom. The van der Waals surface area contributed by atoms with Crippen LogP contribution in [0.4, 0.5) is 0 Å². The molecule has 0 radical (unpaired) electrons. The van der Waals surface area contributed by atoms with Crippen molar-refractivity contribution in [1.29, 1.82) is 0 Å². The van der Waals surface area contributed by atoms with E-state index in [1.54, 1.807) is 0 Å². The van der Waals surface area contributed by atoms with E-state index in [2.05, 4.69) is 6.92 Å². The largest absolute Gasteiger partial charge is 0.478 e. The topological polar surface area (TPSA) is 107 Å². The van der Waals surface area contributed by atoms with E-state index in [1.807, 2.05) is 0 Å². The minimum absolute atomic E-state index is 0.0121. The van der Waals surface area contributed by atoms with Crippen LogP contribution in [0.1, 0.15) is 93.3 Å². The summed E-state index contributed by atoms with van der Waals surface area (Å²) in [5.41, 5.74) is 0.0296. The molecule has 7 nitrogen and oxygen atoms in total. The van der Waals surface area contributed by atoms with Gasteiger partial charge in [0.2, 0.25) is 0 Å². The number of carboxylic acid groups (broad SMARTS) is 1. The van der Waals surface area contributed by atoms with Crippen molar-refractivity contribution in [3.63, 3.8) is 0 Å². The van der Waals surface area contributed by atoms with Crippen LogP contribution < -0.4 is 0 Å². The molecule has 0 amide bonds. The van der Waals surface area contributed by atoms with Crippen molar-refractivity contribution >= 4 is 23.9 Å². The van der Waals surface area contributed by atoms with E-state index < -0.39 is 23.9 Å². The van der Waals surface area contributed by atoms with E-state index in [0.717, 1.165) is 25.3 Å². The van der Waals surface area contributed by atoms with E-state index in [-0.39, 0.29) is 22.3 Å². The Morgan fingerprint density at radius 1 is 0.688 bits per heavy atom. The number of carbonyl (C=O) groups is 4. The van der Waals surface area contributed by atoms with E-state index in [0.29, 0.717) is 6.61 Å². The number of ether oxygens (including phenoxy) is 2. The van der Waals surface area contributed by atoms with Crippen molar-refractivity contribution < 1.29 is 33.8 Å². The van der Waals surface area contributed by atoms with Gasteiger partial charge in [-0.15, -0.1) is 0 Å². The Hall–Kier alpha value is -3.48. The van der Waals surface area contributed by atoms with Crippen molar-refractivity contribution in [3.8, 4) is 0 Å². The molecule has 0 fully saturated rings. The van der Waals surface area contributed by atoms with Gasteiger partial charge in [0, 0.05) is 0 Å². The minimum Gasteiger partial charge on any atom is -0.478 e. The van der Waals surface area contributed by atoms with Crippen molar-refractivity contribution in [2.75, 3.05) is 6.61 Å². The van der Waals surface area contributed by atoms with Gasteiger partial charge in [0.05, 0.1) is 28.9 Å². The summed E-state index contributed by atoms with van der Waals surface area (Å²) in [6.45, 7) is 2.48. The molecule has 2 aromatic carbocycles. The molecule has 0 heterocycles.